The Labute approximate surface area is 171 Å². The summed E-state index contributed by atoms with van der Waals surface area (Å²) in [5.41, 5.74) is 2.43. The zero-order valence-electron chi connectivity index (χ0n) is 16.3. The number of rotatable bonds is 7. The molecule has 1 N–H and O–H groups in total. The van der Waals surface area contributed by atoms with Gasteiger partial charge in [-0.3, -0.25) is 4.79 Å². The molecule has 0 aliphatic heterocycles. The Balaban J connectivity index is 1.58. The molecule has 0 aliphatic rings. The van der Waals surface area contributed by atoms with Gasteiger partial charge in [0.25, 0.3) is 5.91 Å². The van der Waals surface area contributed by atoms with Crippen molar-refractivity contribution >= 4 is 15.7 Å². The normalized spacial score (nSPS) is 12.2. The molecule has 3 aromatic rings. The maximum Gasteiger partial charge on any atom is 0.251 e. The van der Waals surface area contributed by atoms with E-state index in [1.807, 2.05) is 37.3 Å². The molecule has 0 fully saturated rings. The molecule has 5 nitrogen and oxygen atoms in total. The van der Waals surface area contributed by atoms with Crippen LogP contribution >= 0.6 is 0 Å². The van der Waals surface area contributed by atoms with Gasteiger partial charge in [-0.1, -0.05) is 42.5 Å². The summed E-state index contributed by atoms with van der Waals surface area (Å²) in [6.07, 6.45) is 1.17. The molecule has 0 radical (unpaired) electrons. The quantitative estimate of drug-likeness (QED) is 0.636. The van der Waals surface area contributed by atoms with Gasteiger partial charge in [-0.05, 0) is 54.4 Å². The number of carbonyl (C=O) groups excluding carboxylic acids is 1. The van der Waals surface area contributed by atoms with Gasteiger partial charge in [-0.25, -0.2) is 8.42 Å². The number of hydrogen-bond donors (Lipinski definition) is 1. The number of amides is 1. The van der Waals surface area contributed by atoms with Gasteiger partial charge in [0.2, 0.25) is 0 Å². The van der Waals surface area contributed by atoms with E-state index in [1.165, 1.54) is 6.26 Å². The molecule has 3 rings (SSSR count). The van der Waals surface area contributed by atoms with Crippen LogP contribution in [-0.2, 0) is 16.4 Å². The van der Waals surface area contributed by atoms with Gasteiger partial charge in [0.05, 0.1) is 10.9 Å². The van der Waals surface area contributed by atoms with Gasteiger partial charge in [-0.2, -0.15) is 0 Å². The van der Waals surface area contributed by atoms with Crippen LogP contribution < -0.4 is 10.1 Å². The molecule has 0 saturated carbocycles. The zero-order valence-corrected chi connectivity index (χ0v) is 17.1. The smallest absolute Gasteiger partial charge is 0.251 e. The summed E-state index contributed by atoms with van der Waals surface area (Å²) in [4.78, 5) is 12.8. The van der Waals surface area contributed by atoms with E-state index in [-0.39, 0.29) is 16.8 Å². The summed E-state index contributed by atoms with van der Waals surface area (Å²) in [7, 11) is -3.24. The highest BCUT2D eigenvalue weighted by molar-refractivity contribution is 7.90. The fourth-order valence-corrected chi connectivity index (χ4v) is 3.44. The number of hydrogen-bond acceptors (Lipinski definition) is 4. The Bertz CT molecular complexity index is 1060. The van der Waals surface area contributed by atoms with Crippen LogP contribution in [-0.4, -0.2) is 20.6 Å². The summed E-state index contributed by atoms with van der Waals surface area (Å²) in [6.45, 7) is 2.32. The molecule has 0 bridgehead atoms. The molecule has 1 amide bonds. The minimum Gasteiger partial charge on any atom is -0.489 e. The molecule has 0 aromatic heterocycles. The van der Waals surface area contributed by atoms with Crippen molar-refractivity contribution < 1.29 is 17.9 Å². The van der Waals surface area contributed by atoms with Crippen LogP contribution in [0, 0.1) is 0 Å². The monoisotopic (exact) mass is 409 g/mol. The largest absolute Gasteiger partial charge is 0.489 e. The Morgan fingerprint density at radius 1 is 0.931 bits per heavy atom. The number of sulfone groups is 1. The minimum absolute atomic E-state index is 0.209. The Morgan fingerprint density at radius 3 is 2.14 bits per heavy atom. The lowest BCUT2D eigenvalue weighted by molar-refractivity contribution is 0.0940. The van der Waals surface area contributed by atoms with Crippen LogP contribution in [0.4, 0.5) is 0 Å². The first-order valence-corrected chi connectivity index (χ1v) is 11.1. The van der Waals surface area contributed by atoms with E-state index < -0.39 is 9.84 Å². The second-order valence-corrected chi connectivity index (χ2v) is 8.85. The Kier molecular flexibility index (Phi) is 6.34. The van der Waals surface area contributed by atoms with Crippen LogP contribution in [0.1, 0.15) is 34.5 Å². The van der Waals surface area contributed by atoms with Crippen LogP contribution in [0.2, 0.25) is 0 Å². The Hall–Kier alpha value is -3.12. The molecule has 6 heteroatoms. The molecule has 1 unspecified atom stereocenters. The molecular weight excluding hydrogens is 386 g/mol. The highest BCUT2D eigenvalue weighted by atomic mass is 32.2. The lowest BCUT2D eigenvalue weighted by Gasteiger charge is -2.15. The molecule has 29 heavy (non-hydrogen) atoms. The van der Waals surface area contributed by atoms with Crippen molar-refractivity contribution in [2.75, 3.05) is 6.26 Å². The second kappa shape index (κ2) is 8.92. The second-order valence-electron chi connectivity index (χ2n) is 6.84. The number of carbonyl (C=O) groups is 1. The molecule has 1 atom stereocenters. The number of benzene rings is 3. The standard InChI is InChI=1S/C23H23NO4S/c1-17(19-10-14-22(15-11-19)29(2,26)27)24-23(25)20-8-12-21(13-9-20)28-16-18-6-4-3-5-7-18/h3-15,17H,16H2,1-2H3,(H,24,25). The first-order valence-electron chi connectivity index (χ1n) is 9.20. The Morgan fingerprint density at radius 2 is 1.55 bits per heavy atom. The van der Waals surface area contributed by atoms with Gasteiger partial charge in [-0.15, -0.1) is 0 Å². The highest BCUT2D eigenvalue weighted by Gasteiger charge is 2.13. The number of nitrogens with one attached hydrogen (secondary N) is 1. The van der Waals surface area contributed by atoms with Gasteiger partial charge in [0.15, 0.2) is 9.84 Å². The lowest BCUT2D eigenvalue weighted by Crippen LogP contribution is -2.26. The number of ether oxygens (including phenoxy) is 1. The maximum absolute atomic E-state index is 12.5. The van der Waals surface area contributed by atoms with Gasteiger partial charge < -0.3 is 10.1 Å². The molecule has 0 aliphatic carbocycles. The van der Waals surface area contributed by atoms with Crippen LogP contribution in [0.15, 0.2) is 83.8 Å². The van der Waals surface area contributed by atoms with E-state index in [1.54, 1.807) is 48.5 Å². The van der Waals surface area contributed by atoms with E-state index in [9.17, 15) is 13.2 Å². The predicted molar refractivity (Wildman–Crippen MR) is 113 cm³/mol. The molecule has 0 heterocycles. The van der Waals surface area contributed by atoms with Gasteiger partial charge >= 0.3 is 0 Å². The van der Waals surface area contributed by atoms with Crippen LogP contribution in [0.25, 0.3) is 0 Å². The van der Waals surface area contributed by atoms with Crippen molar-refractivity contribution in [2.45, 2.75) is 24.5 Å². The fourth-order valence-electron chi connectivity index (χ4n) is 2.81. The summed E-state index contributed by atoms with van der Waals surface area (Å²) in [6, 6.07) is 23.1. The van der Waals surface area contributed by atoms with E-state index in [4.69, 9.17) is 4.74 Å². The van der Waals surface area contributed by atoms with E-state index in [0.29, 0.717) is 17.9 Å². The van der Waals surface area contributed by atoms with Crippen molar-refractivity contribution in [3.63, 3.8) is 0 Å². The lowest BCUT2D eigenvalue weighted by atomic mass is 10.1. The fraction of sp³-hybridized carbons (Fsp3) is 0.174. The van der Waals surface area contributed by atoms with E-state index in [0.717, 1.165) is 11.1 Å². The maximum atomic E-state index is 12.5. The third-order valence-electron chi connectivity index (χ3n) is 4.52. The van der Waals surface area contributed by atoms with E-state index in [2.05, 4.69) is 5.32 Å². The average Bonchev–Trinajstić information content (AvgIpc) is 2.73. The van der Waals surface area contributed by atoms with Crippen molar-refractivity contribution in [3.05, 3.63) is 95.6 Å². The van der Waals surface area contributed by atoms with E-state index >= 15 is 0 Å². The zero-order chi connectivity index (χ0) is 20.9. The van der Waals surface area contributed by atoms with Gasteiger partial charge in [0.1, 0.15) is 12.4 Å². The predicted octanol–water partition coefficient (Wildman–Crippen LogP) is 4.16. The van der Waals surface area contributed by atoms with Crippen molar-refractivity contribution in [3.8, 4) is 5.75 Å². The third-order valence-corrected chi connectivity index (χ3v) is 5.65. The summed E-state index contributed by atoms with van der Waals surface area (Å²) >= 11 is 0. The van der Waals surface area contributed by atoms with Crippen molar-refractivity contribution in [2.24, 2.45) is 0 Å². The SMILES string of the molecule is CC(NC(=O)c1ccc(OCc2ccccc2)cc1)c1ccc(S(C)(=O)=O)cc1. The molecule has 0 saturated heterocycles. The van der Waals surface area contributed by atoms with Crippen molar-refractivity contribution in [1.82, 2.24) is 5.32 Å². The summed E-state index contributed by atoms with van der Waals surface area (Å²) < 4.78 is 28.8. The molecule has 150 valence electrons. The first-order chi connectivity index (χ1) is 13.8. The molecular formula is C23H23NO4S. The summed E-state index contributed by atoms with van der Waals surface area (Å²) in [5.74, 6) is 0.481. The third kappa shape index (κ3) is 5.68. The van der Waals surface area contributed by atoms with Crippen LogP contribution in [0.5, 0.6) is 5.75 Å². The molecule has 0 spiro atoms. The topological polar surface area (TPSA) is 72.5 Å². The van der Waals surface area contributed by atoms with Gasteiger partial charge in [0, 0.05) is 11.8 Å². The van der Waals surface area contributed by atoms with Crippen LogP contribution in [0.3, 0.4) is 0 Å². The average molecular weight is 410 g/mol. The summed E-state index contributed by atoms with van der Waals surface area (Å²) in [5, 5.41) is 2.92. The molecule has 3 aromatic carbocycles. The van der Waals surface area contributed by atoms with Crippen molar-refractivity contribution in [1.29, 1.82) is 0 Å². The first kappa shape index (κ1) is 20.6. The highest BCUT2D eigenvalue weighted by Crippen LogP contribution is 2.18. The minimum atomic E-state index is -3.24.